The number of H-pyrrole nitrogens is 1. The first-order chi connectivity index (χ1) is 7.39. The van der Waals surface area contributed by atoms with Crippen molar-refractivity contribution in [1.29, 1.82) is 0 Å². The molecule has 0 bridgehead atoms. The predicted molar refractivity (Wildman–Crippen MR) is 51.8 cm³/mol. The zero-order valence-electron chi connectivity index (χ0n) is 7.60. The van der Waals surface area contributed by atoms with Crippen LogP contribution in [-0.2, 0) is 5.33 Å². The molecule has 8 heteroatoms. The average Bonchev–Trinajstić information content (AvgIpc) is 2.18. The van der Waals surface area contributed by atoms with Crippen molar-refractivity contribution in [3.05, 3.63) is 27.7 Å². The molecule has 1 aromatic rings. The number of aromatic amines is 1. The van der Waals surface area contributed by atoms with Crippen LogP contribution < -0.4 is 10.3 Å². The highest BCUT2D eigenvalue weighted by Crippen LogP contribution is 2.27. The fourth-order valence-electron chi connectivity index (χ4n) is 1.04. The number of ether oxygens (including phenoxy) is 1. The number of aromatic nitrogens is 1. The molecule has 88 valence electrons. The lowest BCUT2D eigenvalue weighted by molar-refractivity contribution is -0.275. The molecule has 0 aliphatic rings. The number of nitrogens with one attached hydrogen (secondary N) is 1. The Morgan fingerprint density at radius 2 is 2.12 bits per heavy atom. The van der Waals surface area contributed by atoms with Gasteiger partial charge in [-0.3, -0.25) is 9.59 Å². The first kappa shape index (κ1) is 12.8. The minimum atomic E-state index is -4.88. The predicted octanol–water partition coefficient (Wildman–Crippen LogP) is 1.98. The Morgan fingerprint density at radius 3 is 2.56 bits per heavy atom. The number of hydrogen-bond donors (Lipinski definition) is 1. The Kier molecular flexibility index (Phi) is 3.74. The average molecular weight is 300 g/mol. The van der Waals surface area contributed by atoms with Crippen LogP contribution in [0.2, 0.25) is 0 Å². The molecule has 0 saturated heterocycles. The van der Waals surface area contributed by atoms with Crippen LogP contribution in [0.25, 0.3) is 0 Å². The summed E-state index contributed by atoms with van der Waals surface area (Å²) < 4.78 is 39.6. The van der Waals surface area contributed by atoms with Gasteiger partial charge in [0.25, 0.3) is 5.56 Å². The summed E-state index contributed by atoms with van der Waals surface area (Å²) in [6.45, 7) is 0. The van der Waals surface area contributed by atoms with E-state index >= 15 is 0 Å². The van der Waals surface area contributed by atoms with Crippen molar-refractivity contribution in [3.63, 3.8) is 0 Å². The van der Waals surface area contributed by atoms with Crippen molar-refractivity contribution in [2.45, 2.75) is 11.7 Å². The summed E-state index contributed by atoms with van der Waals surface area (Å²) in [6, 6.07) is 0. The lowest BCUT2D eigenvalue weighted by atomic mass is 10.1. The van der Waals surface area contributed by atoms with Gasteiger partial charge >= 0.3 is 6.36 Å². The molecule has 1 N–H and O–H groups in total. The van der Waals surface area contributed by atoms with E-state index in [0.29, 0.717) is 0 Å². The maximum atomic E-state index is 12.0. The van der Waals surface area contributed by atoms with E-state index in [-0.39, 0.29) is 17.2 Å². The summed E-state index contributed by atoms with van der Waals surface area (Å²) in [6.07, 6.45) is -3.94. The summed E-state index contributed by atoms with van der Waals surface area (Å²) in [4.78, 5) is 23.6. The molecule has 0 aromatic carbocycles. The van der Waals surface area contributed by atoms with Gasteiger partial charge in [0.2, 0.25) is 0 Å². The third kappa shape index (κ3) is 2.84. The zero-order chi connectivity index (χ0) is 12.3. The van der Waals surface area contributed by atoms with E-state index in [1.165, 1.54) is 0 Å². The van der Waals surface area contributed by atoms with Gasteiger partial charge in [-0.25, -0.2) is 0 Å². The van der Waals surface area contributed by atoms with Crippen LogP contribution in [0.1, 0.15) is 15.9 Å². The van der Waals surface area contributed by atoms with Gasteiger partial charge in [0.05, 0.1) is 5.56 Å². The molecule has 0 atom stereocenters. The van der Waals surface area contributed by atoms with Gasteiger partial charge in [-0.15, -0.1) is 13.2 Å². The molecule has 0 aliphatic heterocycles. The normalized spacial score (nSPS) is 11.2. The highest BCUT2D eigenvalue weighted by molar-refractivity contribution is 9.08. The summed E-state index contributed by atoms with van der Waals surface area (Å²) in [7, 11) is 0. The summed E-state index contributed by atoms with van der Waals surface area (Å²) in [5, 5.41) is -0.101. The van der Waals surface area contributed by atoms with Crippen molar-refractivity contribution < 1.29 is 22.7 Å². The van der Waals surface area contributed by atoms with E-state index in [4.69, 9.17) is 0 Å². The third-order valence-electron chi connectivity index (χ3n) is 1.68. The van der Waals surface area contributed by atoms with Crippen LogP contribution in [0.5, 0.6) is 5.75 Å². The van der Waals surface area contributed by atoms with E-state index in [1.54, 1.807) is 0 Å². The molecule has 1 heterocycles. The fourth-order valence-corrected chi connectivity index (χ4v) is 1.62. The molecule has 16 heavy (non-hydrogen) atoms. The monoisotopic (exact) mass is 299 g/mol. The largest absolute Gasteiger partial charge is 0.573 e. The Hall–Kier alpha value is -1.31. The van der Waals surface area contributed by atoms with Crippen LogP contribution in [-0.4, -0.2) is 17.6 Å². The SMILES string of the molecule is O=Cc1c(CBr)c(OC(F)(F)F)c[nH]c1=O. The van der Waals surface area contributed by atoms with Crippen molar-refractivity contribution >= 4 is 22.2 Å². The van der Waals surface area contributed by atoms with Gasteiger partial charge in [-0.1, -0.05) is 15.9 Å². The Morgan fingerprint density at radius 1 is 1.50 bits per heavy atom. The maximum absolute atomic E-state index is 12.0. The van der Waals surface area contributed by atoms with Crippen LogP contribution in [0, 0.1) is 0 Å². The molecular weight excluding hydrogens is 295 g/mol. The maximum Gasteiger partial charge on any atom is 0.573 e. The molecule has 1 aromatic heterocycles. The molecule has 0 unspecified atom stereocenters. The summed E-state index contributed by atoms with van der Waals surface area (Å²) in [5.74, 6) is -0.605. The molecule has 0 radical (unpaired) electrons. The zero-order valence-corrected chi connectivity index (χ0v) is 9.18. The summed E-state index contributed by atoms with van der Waals surface area (Å²) >= 11 is 2.88. The van der Waals surface area contributed by atoms with E-state index < -0.39 is 23.2 Å². The first-order valence-electron chi connectivity index (χ1n) is 3.90. The Bertz CT molecular complexity index is 455. The lowest BCUT2D eigenvalue weighted by Gasteiger charge is -2.12. The standard InChI is InChI=1S/C8H5BrF3NO3/c9-1-4-5(3-14)7(15)13-2-6(4)16-8(10,11)12/h2-3H,1H2,(H,13,15). The van der Waals surface area contributed by atoms with E-state index in [1.807, 2.05) is 4.98 Å². The minimum Gasteiger partial charge on any atom is -0.404 e. The van der Waals surface area contributed by atoms with Gasteiger partial charge in [0.15, 0.2) is 6.29 Å². The molecule has 0 fully saturated rings. The number of aldehydes is 1. The van der Waals surface area contributed by atoms with Crippen molar-refractivity contribution in [2.24, 2.45) is 0 Å². The topological polar surface area (TPSA) is 59.2 Å². The first-order valence-corrected chi connectivity index (χ1v) is 5.02. The van der Waals surface area contributed by atoms with Crippen LogP contribution in [0.3, 0.4) is 0 Å². The van der Waals surface area contributed by atoms with Gasteiger partial charge in [-0.05, 0) is 0 Å². The highest BCUT2D eigenvalue weighted by atomic mass is 79.9. The van der Waals surface area contributed by atoms with Crippen molar-refractivity contribution in [2.75, 3.05) is 0 Å². The number of rotatable bonds is 3. The second-order valence-electron chi connectivity index (χ2n) is 2.67. The number of carbonyl (C=O) groups is 1. The van der Waals surface area contributed by atoms with E-state index in [2.05, 4.69) is 20.7 Å². The number of hydrogen-bond acceptors (Lipinski definition) is 3. The number of alkyl halides is 4. The van der Waals surface area contributed by atoms with Crippen LogP contribution >= 0.6 is 15.9 Å². The third-order valence-corrected chi connectivity index (χ3v) is 2.24. The van der Waals surface area contributed by atoms with Gasteiger partial charge in [-0.2, -0.15) is 0 Å². The van der Waals surface area contributed by atoms with Gasteiger partial charge in [0.1, 0.15) is 5.75 Å². The smallest absolute Gasteiger partial charge is 0.404 e. The molecule has 0 aliphatic carbocycles. The van der Waals surface area contributed by atoms with Gasteiger partial charge < -0.3 is 9.72 Å². The fraction of sp³-hybridized carbons (Fsp3) is 0.250. The molecule has 4 nitrogen and oxygen atoms in total. The molecule has 1 rings (SSSR count). The van der Waals surface area contributed by atoms with Crippen LogP contribution in [0.4, 0.5) is 13.2 Å². The minimum absolute atomic E-state index is 0.101. The lowest BCUT2D eigenvalue weighted by Crippen LogP contribution is -2.21. The highest BCUT2D eigenvalue weighted by Gasteiger charge is 2.32. The number of pyridine rings is 1. The number of halogens is 4. The van der Waals surface area contributed by atoms with E-state index in [0.717, 1.165) is 6.20 Å². The second kappa shape index (κ2) is 4.69. The van der Waals surface area contributed by atoms with Gasteiger partial charge in [0, 0.05) is 17.1 Å². The van der Waals surface area contributed by atoms with E-state index in [9.17, 15) is 22.8 Å². The van der Waals surface area contributed by atoms with Crippen LogP contribution in [0.15, 0.2) is 11.0 Å². The quantitative estimate of drug-likeness (QED) is 0.686. The van der Waals surface area contributed by atoms with Crippen molar-refractivity contribution in [3.8, 4) is 5.75 Å². The summed E-state index contributed by atoms with van der Waals surface area (Å²) in [5.41, 5.74) is -1.30. The van der Waals surface area contributed by atoms with Crippen molar-refractivity contribution in [1.82, 2.24) is 4.98 Å². The Labute approximate surface area is 95.5 Å². The molecule has 0 spiro atoms. The molecule has 0 saturated carbocycles. The molecule has 0 amide bonds. The Balaban J connectivity index is 3.30. The second-order valence-corrected chi connectivity index (χ2v) is 3.23. The number of carbonyl (C=O) groups excluding carboxylic acids is 1. The molecular formula is C8H5BrF3NO3.